The molecule has 6 nitrogen and oxygen atoms in total. The van der Waals surface area contributed by atoms with Gasteiger partial charge in [-0.3, -0.25) is 19.9 Å². The summed E-state index contributed by atoms with van der Waals surface area (Å²) in [4.78, 5) is 28.0. The number of nitro groups is 1. The molecule has 7 heteroatoms. The Hall–Kier alpha value is -2.47. The van der Waals surface area contributed by atoms with Crippen molar-refractivity contribution >= 4 is 23.2 Å². The molecule has 0 N–H and O–H groups in total. The maximum absolute atomic E-state index is 12.2. The maximum atomic E-state index is 12.2. The van der Waals surface area contributed by atoms with Gasteiger partial charge in [-0.25, -0.2) is 0 Å². The van der Waals surface area contributed by atoms with Crippen molar-refractivity contribution in [2.45, 2.75) is 6.54 Å². The summed E-state index contributed by atoms with van der Waals surface area (Å²) in [5.74, 6) is -0.351. The topological polar surface area (TPSA) is 76.3 Å². The van der Waals surface area contributed by atoms with Crippen LogP contribution in [-0.4, -0.2) is 27.8 Å². The van der Waals surface area contributed by atoms with Crippen LogP contribution in [0.25, 0.3) is 0 Å². The standard InChI is InChI=1S/C14H12ClN3O3/c1-17(14(19)12-8-11(15)6-7-16-12)9-10-4-2-3-5-13(10)18(20)21/h2-8H,9H2,1H3. The van der Waals surface area contributed by atoms with Gasteiger partial charge >= 0.3 is 0 Å². The number of nitro benzene ring substituents is 1. The number of hydrogen-bond acceptors (Lipinski definition) is 4. The number of carbonyl (C=O) groups is 1. The first-order valence-electron chi connectivity index (χ1n) is 6.08. The number of para-hydroxylation sites is 1. The number of halogens is 1. The van der Waals surface area contributed by atoms with Crippen LogP contribution in [0.3, 0.4) is 0 Å². The van der Waals surface area contributed by atoms with Crippen LogP contribution in [0.1, 0.15) is 16.1 Å². The molecule has 1 amide bonds. The Labute approximate surface area is 126 Å². The quantitative estimate of drug-likeness (QED) is 0.643. The van der Waals surface area contributed by atoms with Crippen molar-refractivity contribution in [3.05, 3.63) is 69.0 Å². The fourth-order valence-corrected chi connectivity index (χ4v) is 2.03. The van der Waals surface area contributed by atoms with Gasteiger partial charge < -0.3 is 4.90 Å². The van der Waals surface area contributed by atoms with E-state index in [1.54, 1.807) is 31.3 Å². The second-order valence-electron chi connectivity index (χ2n) is 4.41. The second kappa shape index (κ2) is 6.32. The average Bonchev–Trinajstić information content (AvgIpc) is 2.46. The van der Waals surface area contributed by atoms with E-state index in [2.05, 4.69) is 4.98 Å². The van der Waals surface area contributed by atoms with Crippen molar-refractivity contribution in [3.8, 4) is 0 Å². The van der Waals surface area contributed by atoms with Crippen LogP contribution in [0.5, 0.6) is 0 Å². The minimum Gasteiger partial charge on any atom is -0.336 e. The van der Waals surface area contributed by atoms with Crippen LogP contribution in [-0.2, 0) is 6.54 Å². The summed E-state index contributed by atoms with van der Waals surface area (Å²) < 4.78 is 0. The Morgan fingerprint density at radius 2 is 2.10 bits per heavy atom. The molecule has 1 heterocycles. The number of hydrogen-bond donors (Lipinski definition) is 0. The molecule has 0 unspecified atom stereocenters. The minimum atomic E-state index is -0.467. The smallest absolute Gasteiger partial charge is 0.274 e. The van der Waals surface area contributed by atoms with Gasteiger partial charge in [-0.15, -0.1) is 0 Å². The van der Waals surface area contributed by atoms with Crippen molar-refractivity contribution in [1.29, 1.82) is 0 Å². The first kappa shape index (κ1) is 14.9. The van der Waals surface area contributed by atoms with Gasteiger partial charge in [-0.05, 0) is 12.1 Å². The van der Waals surface area contributed by atoms with Crippen molar-refractivity contribution in [2.24, 2.45) is 0 Å². The molecule has 0 spiro atoms. The lowest BCUT2D eigenvalue weighted by Gasteiger charge is -2.16. The van der Waals surface area contributed by atoms with Crippen molar-refractivity contribution in [3.63, 3.8) is 0 Å². The summed E-state index contributed by atoms with van der Waals surface area (Å²) in [7, 11) is 1.56. The summed E-state index contributed by atoms with van der Waals surface area (Å²) >= 11 is 5.82. The van der Waals surface area contributed by atoms with Crippen LogP contribution in [0.2, 0.25) is 5.02 Å². The van der Waals surface area contributed by atoms with Gasteiger partial charge in [-0.1, -0.05) is 29.8 Å². The highest BCUT2D eigenvalue weighted by atomic mass is 35.5. The van der Waals surface area contributed by atoms with Crippen molar-refractivity contribution in [1.82, 2.24) is 9.88 Å². The monoisotopic (exact) mass is 305 g/mol. The summed E-state index contributed by atoms with van der Waals surface area (Å²) in [5.41, 5.74) is 0.639. The van der Waals surface area contributed by atoms with Gasteiger partial charge in [0.1, 0.15) is 5.69 Å². The fourth-order valence-electron chi connectivity index (χ4n) is 1.87. The number of nitrogens with zero attached hydrogens (tertiary/aromatic N) is 3. The van der Waals surface area contributed by atoms with Gasteiger partial charge in [0.05, 0.1) is 11.5 Å². The molecular weight excluding hydrogens is 294 g/mol. The highest BCUT2D eigenvalue weighted by Crippen LogP contribution is 2.20. The zero-order valence-electron chi connectivity index (χ0n) is 11.2. The van der Waals surface area contributed by atoms with Crippen LogP contribution in [0.4, 0.5) is 5.69 Å². The number of benzene rings is 1. The number of aromatic nitrogens is 1. The van der Waals surface area contributed by atoms with E-state index in [0.717, 1.165) is 0 Å². The van der Waals surface area contributed by atoms with Crippen LogP contribution in [0.15, 0.2) is 42.6 Å². The Balaban J connectivity index is 2.20. The normalized spacial score (nSPS) is 10.2. The molecule has 0 radical (unpaired) electrons. The van der Waals surface area contributed by atoms with E-state index < -0.39 is 4.92 Å². The van der Waals surface area contributed by atoms with Crippen LogP contribution in [0, 0.1) is 10.1 Å². The molecular formula is C14H12ClN3O3. The lowest BCUT2D eigenvalue weighted by atomic mass is 10.1. The summed E-state index contributed by atoms with van der Waals surface area (Å²) in [6.07, 6.45) is 1.44. The van der Waals surface area contributed by atoms with Gasteiger partial charge in [0, 0.05) is 29.9 Å². The molecule has 1 aromatic heterocycles. The lowest BCUT2D eigenvalue weighted by molar-refractivity contribution is -0.385. The highest BCUT2D eigenvalue weighted by Gasteiger charge is 2.18. The van der Waals surface area contributed by atoms with E-state index >= 15 is 0 Å². The van der Waals surface area contributed by atoms with E-state index in [0.29, 0.717) is 10.6 Å². The minimum absolute atomic E-state index is 0.0174. The molecule has 1 aromatic carbocycles. The molecule has 0 bridgehead atoms. The van der Waals surface area contributed by atoms with Gasteiger partial charge in [0.25, 0.3) is 11.6 Å². The molecule has 0 atom stereocenters. The maximum Gasteiger partial charge on any atom is 0.274 e. The second-order valence-corrected chi connectivity index (χ2v) is 4.84. The Bertz CT molecular complexity index is 691. The average molecular weight is 306 g/mol. The van der Waals surface area contributed by atoms with Crippen LogP contribution < -0.4 is 0 Å². The Morgan fingerprint density at radius 3 is 2.76 bits per heavy atom. The van der Waals surface area contributed by atoms with Gasteiger partial charge in [-0.2, -0.15) is 0 Å². The van der Waals surface area contributed by atoms with Crippen molar-refractivity contribution in [2.75, 3.05) is 7.05 Å². The van der Waals surface area contributed by atoms with Crippen LogP contribution >= 0.6 is 11.6 Å². The lowest BCUT2D eigenvalue weighted by Crippen LogP contribution is -2.27. The highest BCUT2D eigenvalue weighted by molar-refractivity contribution is 6.30. The van der Waals surface area contributed by atoms with Crippen molar-refractivity contribution < 1.29 is 9.72 Å². The summed E-state index contributed by atoms with van der Waals surface area (Å²) in [5, 5.41) is 11.4. The molecule has 108 valence electrons. The molecule has 0 fully saturated rings. The van der Waals surface area contributed by atoms with E-state index in [1.807, 2.05) is 0 Å². The summed E-state index contributed by atoms with van der Waals surface area (Å²) in [6.45, 7) is 0.115. The zero-order chi connectivity index (χ0) is 15.4. The van der Waals surface area contributed by atoms with E-state index in [4.69, 9.17) is 11.6 Å². The molecule has 0 aliphatic heterocycles. The molecule has 0 saturated heterocycles. The predicted octanol–water partition coefficient (Wildman–Crippen LogP) is 2.92. The number of pyridine rings is 1. The van der Waals surface area contributed by atoms with E-state index in [9.17, 15) is 14.9 Å². The van der Waals surface area contributed by atoms with Gasteiger partial charge in [0.2, 0.25) is 0 Å². The SMILES string of the molecule is CN(Cc1ccccc1[N+](=O)[O-])C(=O)c1cc(Cl)ccn1. The third kappa shape index (κ3) is 3.55. The summed E-state index contributed by atoms with van der Waals surface area (Å²) in [6, 6.07) is 9.33. The largest absolute Gasteiger partial charge is 0.336 e. The molecule has 0 saturated carbocycles. The Kier molecular flexibility index (Phi) is 4.49. The molecule has 2 rings (SSSR count). The van der Waals surface area contributed by atoms with Gasteiger partial charge in [0.15, 0.2) is 0 Å². The van der Waals surface area contributed by atoms with E-state index in [1.165, 1.54) is 23.2 Å². The third-order valence-electron chi connectivity index (χ3n) is 2.88. The predicted molar refractivity (Wildman–Crippen MR) is 78.1 cm³/mol. The number of carbonyl (C=O) groups excluding carboxylic acids is 1. The zero-order valence-corrected chi connectivity index (χ0v) is 11.9. The molecule has 2 aromatic rings. The molecule has 0 aliphatic carbocycles. The first-order valence-corrected chi connectivity index (χ1v) is 6.46. The third-order valence-corrected chi connectivity index (χ3v) is 3.12. The van der Waals surface area contributed by atoms with E-state index in [-0.39, 0.29) is 23.8 Å². The fraction of sp³-hybridized carbons (Fsp3) is 0.143. The Morgan fingerprint density at radius 1 is 1.38 bits per heavy atom. The number of rotatable bonds is 4. The number of amides is 1. The molecule has 0 aliphatic rings. The molecule has 21 heavy (non-hydrogen) atoms. The first-order chi connectivity index (χ1) is 9.99.